The average molecular weight is 385 g/mol. The second-order valence-corrected chi connectivity index (χ2v) is 7.65. The van der Waals surface area contributed by atoms with E-state index < -0.39 is 0 Å². The minimum absolute atomic E-state index is 0.311. The summed E-state index contributed by atoms with van der Waals surface area (Å²) in [5, 5.41) is 3.75. The number of fused-ring (bicyclic) bond motifs is 3. The molecule has 0 saturated heterocycles. The molecule has 3 heterocycles. The third-order valence-corrected chi connectivity index (χ3v) is 5.61. The maximum absolute atomic E-state index is 6.29. The van der Waals surface area contributed by atoms with Gasteiger partial charge in [-0.05, 0) is 38.0 Å². The molecule has 1 fully saturated rings. The summed E-state index contributed by atoms with van der Waals surface area (Å²) in [7, 11) is 1.78. The predicted molar refractivity (Wildman–Crippen MR) is 105 cm³/mol. The second-order valence-electron chi connectivity index (χ2n) is 7.21. The zero-order valence-corrected chi connectivity index (χ0v) is 16.0. The lowest BCUT2D eigenvalue weighted by atomic mass is 9.88. The van der Waals surface area contributed by atoms with E-state index in [1.807, 2.05) is 42.5 Å². The number of hydrogen-bond acceptors (Lipinski definition) is 6. The summed E-state index contributed by atoms with van der Waals surface area (Å²) in [6, 6.07) is 6.19. The van der Waals surface area contributed by atoms with Crippen molar-refractivity contribution >= 4 is 33.5 Å². The molecule has 0 unspecified atom stereocenters. The van der Waals surface area contributed by atoms with Gasteiger partial charge in [-0.25, -0.2) is 4.98 Å². The van der Waals surface area contributed by atoms with E-state index in [1.165, 1.54) is 0 Å². The highest BCUT2D eigenvalue weighted by molar-refractivity contribution is 6.31. The van der Waals surface area contributed by atoms with Crippen molar-refractivity contribution < 1.29 is 4.74 Å². The molecule has 1 aromatic carbocycles. The molecule has 2 aromatic heterocycles. The molecule has 0 amide bonds. The molecule has 1 saturated carbocycles. The van der Waals surface area contributed by atoms with Crippen molar-refractivity contribution in [2.75, 3.05) is 7.11 Å². The standard InChI is InChI=1S/C19H21ClN6O/c1-11-9-25(24-23-11)10-18-22-17-8-21-16-4-3-12(20)5-15(16)19(17)26(18)13-6-14(7-13)27-2/h3-5,8-9,13-14,23-24H,6-7,10H2,1-2H3/t13-,14+. The molecule has 140 valence electrons. The summed E-state index contributed by atoms with van der Waals surface area (Å²) < 4.78 is 7.87. The summed E-state index contributed by atoms with van der Waals surface area (Å²) in [4.78, 5) is 9.48. The van der Waals surface area contributed by atoms with Gasteiger partial charge in [0, 0.05) is 35.5 Å². The molecule has 0 atom stereocenters. The van der Waals surface area contributed by atoms with Gasteiger partial charge in [0.1, 0.15) is 11.3 Å². The molecule has 3 aromatic rings. The summed E-state index contributed by atoms with van der Waals surface area (Å²) >= 11 is 6.29. The van der Waals surface area contributed by atoms with Crippen LogP contribution in [0.2, 0.25) is 5.02 Å². The number of benzene rings is 1. The van der Waals surface area contributed by atoms with Crippen molar-refractivity contribution in [3.63, 3.8) is 0 Å². The fourth-order valence-electron chi connectivity index (χ4n) is 3.94. The lowest BCUT2D eigenvalue weighted by Gasteiger charge is -2.36. The molecule has 2 aliphatic rings. The van der Waals surface area contributed by atoms with Crippen LogP contribution in [0.4, 0.5) is 0 Å². The number of halogens is 1. The van der Waals surface area contributed by atoms with Gasteiger partial charge in [0.25, 0.3) is 0 Å². The topological polar surface area (TPSA) is 67.2 Å². The molecule has 27 heavy (non-hydrogen) atoms. The molecule has 5 rings (SSSR count). The number of hydrogen-bond donors (Lipinski definition) is 2. The smallest absolute Gasteiger partial charge is 0.131 e. The van der Waals surface area contributed by atoms with Gasteiger partial charge < -0.3 is 14.7 Å². The van der Waals surface area contributed by atoms with Crippen LogP contribution in [0, 0.1) is 0 Å². The van der Waals surface area contributed by atoms with Crippen molar-refractivity contribution in [2.45, 2.75) is 38.5 Å². The largest absolute Gasteiger partial charge is 0.381 e. The summed E-state index contributed by atoms with van der Waals surface area (Å²) in [6.07, 6.45) is 6.18. The van der Waals surface area contributed by atoms with E-state index in [2.05, 4.69) is 20.5 Å². The number of pyridine rings is 1. The first kappa shape index (κ1) is 16.8. The van der Waals surface area contributed by atoms with Crippen LogP contribution in [-0.2, 0) is 11.3 Å². The van der Waals surface area contributed by atoms with Crippen LogP contribution in [0.1, 0.15) is 31.6 Å². The number of nitrogens with one attached hydrogen (secondary N) is 2. The number of imidazole rings is 1. The maximum Gasteiger partial charge on any atom is 0.131 e. The molecule has 1 aliphatic heterocycles. The van der Waals surface area contributed by atoms with Crippen LogP contribution in [0.25, 0.3) is 21.9 Å². The monoisotopic (exact) mass is 384 g/mol. The van der Waals surface area contributed by atoms with Crippen molar-refractivity contribution in [3.8, 4) is 0 Å². The number of aromatic nitrogens is 3. The highest BCUT2D eigenvalue weighted by atomic mass is 35.5. The number of methoxy groups -OCH3 is 1. The first-order valence-corrected chi connectivity index (χ1v) is 9.45. The molecule has 0 bridgehead atoms. The van der Waals surface area contributed by atoms with E-state index >= 15 is 0 Å². The Morgan fingerprint density at radius 1 is 1.30 bits per heavy atom. The van der Waals surface area contributed by atoms with Gasteiger partial charge in [-0.15, -0.1) is 5.53 Å². The van der Waals surface area contributed by atoms with Crippen LogP contribution in [0.3, 0.4) is 0 Å². The maximum atomic E-state index is 6.29. The van der Waals surface area contributed by atoms with Gasteiger partial charge in [0.2, 0.25) is 0 Å². The first-order chi connectivity index (χ1) is 13.1. The van der Waals surface area contributed by atoms with Crippen LogP contribution < -0.4 is 11.0 Å². The van der Waals surface area contributed by atoms with Crippen LogP contribution in [0.5, 0.6) is 0 Å². The summed E-state index contributed by atoms with van der Waals surface area (Å²) in [5.41, 5.74) is 10.2. The molecule has 2 N–H and O–H groups in total. The average Bonchev–Trinajstić information content (AvgIpc) is 3.18. The van der Waals surface area contributed by atoms with E-state index in [4.69, 9.17) is 21.3 Å². The predicted octanol–water partition coefficient (Wildman–Crippen LogP) is 3.27. The van der Waals surface area contributed by atoms with Crippen LogP contribution in [0.15, 0.2) is 36.3 Å². The zero-order chi connectivity index (χ0) is 18.5. The SMILES string of the molecule is CO[C@H]1C[C@@H](n2c(CN3C=C(C)NN3)nc3cnc4ccc(Cl)cc4c32)C1. The van der Waals surface area contributed by atoms with E-state index in [0.717, 1.165) is 46.3 Å². The Morgan fingerprint density at radius 2 is 2.15 bits per heavy atom. The van der Waals surface area contributed by atoms with Gasteiger partial charge in [-0.2, -0.15) is 0 Å². The molecule has 1 aliphatic carbocycles. The normalized spacial score (nSPS) is 22.2. The lowest BCUT2D eigenvalue weighted by molar-refractivity contribution is 0.00608. The van der Waals surface area contributed by atoms with Gasteiger partial charge in [-0.1, -0.05) is 11.6 Å². The van der Waals surface area contributed by atoms with Crippen LogP contribution >= 0.6 is 11.6 Å². The fraction of sp³-hybridized carbons (Fsp3) is 0.368. The minimum atomic E-state index is 0.311. The molecule has 0 spiro atoms. The Labute approximate surface area is 161 Å². The van der Waals surface area contributed by atoms with E-state index in [-0.39, 0.29) is 0 Å². The highest BCUT2D eigenvalue weighted by Crippen LogP contribution is 2.39. The Hall–Kier alpha value is -2.35. The van der Waals surface area contributed by atoms with Crippen LogP contribution in [-0.4, -0.2) is 32.8 Å². The van der Waals surface area contributed by atoms with Crippen molar-refractivity contribution in [1.29, 1.82) is 0 Å². The Kier molecular flexibility index (Phi) is 3.96. The highest BCUT2D eigenvalue weighted by Gasteiger charge is 2.34. The third-order valence-electron chi connectivity index (χ3n) is 5.38. The Balaban J connectivity index is 1.67. The summed E-state index contributed by atoms with van der Waals surface area (Å²) in [5.74, 6) is 0.999. The van der Waals surface area contributed by atoms with Gasteiger partial charge in [0.05, 0.1) is 29.9 Å². The number of ether oxygens (including phenoxy) is 1. The first-order valence-electron chi connectivity index (χ1n) is 9.07. The second kappa shape index (κ2) is 6.37. The molecule has 8 heteroatoms. The number of nitrogens with zero attached hydrogens (tertiary/aromatic N) is 4. The van der Waals surface area contributed by atoms with Gasteiger partial charge in [-0.3, -0.25) is 9.99 Å². The Bertz CT molecular complexity index is 1060. The Morgan fingerprint density at radius 3 is 2.89 bits per heavy atom. The minimum Gasteiger partial charge on any atom is -0.381 e. The van der Waals surface area contributed by atoms with E-state index in [0.29, 0.717) is 23.7 Å². The molecule has 0 radical (unpaired) electrons. The zero-order valence-electron chi connectivity index (χ0n) is 15.2. The van der Waals surface area contributed by atoms with E-state index in [1.54, 1.807) is 7.11 Å². The lowest BCUT2D eigenvalue weighted by Crippen LogP contribution is -2.38. The van der Waals surface area contributed by atoms with Crippen molar-refractivity contribution in [2.24, 2.45) is 0 Å². The molecular formula is C19H21ClN6O. The number of rotatable bonds is 4. The van der Waals surface area contributed by atoms with Crippen molar-refractivity contribution in [1.82, 2.24) is 30.5 Å². The van der Waals surface area contributed by atoms with Crippen molar-refractivity contribution in [3.05, 3.63) is 47.1 Å². The third kappa shape index (κ3) is 2.82. The number of hydrazine groups is 2. The quantitative estimate of drug-likeness (QED) is 0.719. The number of allylic oxidation sites excluding steroid dienone is 1. The fourth-order valence-corrected chi connectivity index (χ4v) is 4.11. The molecular weight excluding hydrogens is 364 g/mol. The van der Waals surface area contributed by atoms with Gasteiger partial charge in [0.15, 0.2) is 0 Å². The van der Waals surface area contributed by atoms with E-state index in [9.17, 15) is 0 Å². The summed E-state index contributed by atoms with van der Waals surface area (Å²) in [6.45, 7) is 2.67. The van der Waals surface area contributed by atoms with Gasteiger partial charge >= 0.3 is 0 Å². The molecule has 7 nitrogen and oxygen atoms in total.